The Balaban J connectivity index is 1.35. The van der Waals surface area contributed by atoms with Crippen LogP contribution in [0.2, 0.25) is 0 Å². The fourth-order valence-corrected chi connectivity index (χ4v) is 4.54. The third-order valence-electron chi connectivity index (χ3n) is 6.61. The fraction of sp³-hybridized carbons (Fsp3) is 0.429. The Labute approximate surface area is 197 Å². The third-order valence-corrected chi connectivity index (χ3v) is 6.61. The fourth-order valence-electron chi connectivity index (χ4n) is 4.54. The summed E-state index contributed by atoms with van der Waals surface area (Å²) in [5.41, 5.74) is 4.54. The average molecular weight is 446 g/mol. The number of aromatic nitrogens is 1. The molecule has 3 aromatic rings. The van der Waals surface area contributed by atoms with Crippen molar-refractivity contribution in [3.8, 4) is 11.3 Å². The van der Waals surface area contributed by atoms with Gasteiger partial charge in [-0.2, -0.15) is 0 Å². The van der Waals surface area contributed by atoms with Crippen LogP contribution >= 0.6 is 0 Å². The van der Waals surface area contributed by atoms with E-state index in [1.54, 1.807) is 0 Å². The zero-order chi connectivity index (χ0) is 23.3. The van der Waals surface area contributed by atoms with Crippen LogP contribution in [0.4, 0.5) is 0 Å². The molecule has 1 aliphatic rings. The van der Waals surface area contributed by atoms with Crippen molar-refractivity contribution in [2.75, 3.05) is 13.1 Å². The van der Waals surface area contributed by atoms with Crippen molar-refractivity contribution in [3.05, 3.63) is 77.5 Å². The molecule has 1 aliphatic heterocycles. The minimum absolute atomic E-state index is 0.121. The van der Waals surface area contributed by atoms with E-state index < -0.39 is 0 Å². The summed E-state index contributed by atoms with van der Waals surface area (Å²) in [6.07, 6.45) is 2.37. The van der Waals surface area contributed by atoms with Gasteiger partial charge in [0, 0.05) is 24.6 Å². The van der Waals surface area contributed by atoms with Gasteiger partial charge in [0.2, 0.25) is 5.91 Å². The molecule has 2 aromatic carbocycles. The number of amides is 1. The van der Waals surface area contributed by atoms with E-state index in [9.17, 15) is 4.79 Å². The first-order chi connectivity index (χ1) is 15.9. The van der Waals surface area contributed by atoms with Crippen molar-refractivity contribution in [1.82, 2.24) is 15.8 Å². The first-order valence-corrected chi connectivity index (χ1v) is 12.0. The smallest absolute Gasteiger partial charge is 0.220 e. The summed E-state index contributed by atoms with van der Waals surface area (Å²) in [6.45, 7) is 9.08. The summed E-state index contributed by atoms with van der Waals surface area (Å²) in [5, 5.41) is 10.9. The van der Waals surface area contributed by atoms with Gasteiger partial charge in [0.25, 0.3) is 0 Å². The maximum atomic E-state index is 12.6. The first kappa shape index (κ1) is 23.2. The van der Waals surface area contributed by atoms with Gasteiger partial charge in [0.1, 0.15) is 0 Å². The summed E-state index contributed by atoms with van der Waals surface area (Å²) >= 11 is 0. The quantitative estimate of drug-likeness (QED) is 0.530. The predicted molar refractivity (Wildman–Crippen MR) is 132 cm³/mol. The molecule has 0 radical (unpaired) electrons. The van der Waals surface area contributed by atoms with Crippen LogP contribution < -0.4 is 10.6 Å². The molecule has 5 nitrogen and oxygen atoms in total. The Bertz CT molecular complexity index is 1040. The molecule has 1 fully saturated rings. The van der Waals surface area contributed by atoms with Crippen molar-refractivity contribution < 1.29 is 9.32 Å². The van der Waals surface area contributed by atoms with Crippen LogP contribution in [0.1, 0.15) is 50.4 Å². The number of hydrogen-bond acceptors (Lipinski definition) is 4. The standard InChI is InChI=1S/C28H35N3O2/c1-28(2,3)24-11-9-21(10-12-24)26-17-25(31-33-26)15-23-19-29-14-13-22(23)16-27(32)30-18-20-7-5-4-6-8-20/h4-12,17,22-23,29H,13-16,18-19H2,1-3H3,(H,30,32)/t22-,23-/m0/s1. The van der Waals surface area contributed by atoms with Crippen molar-refractivity contribution in [2.24, 2.45) is 11.8 Å². The summed E-state index contributed by atoms with van der Waals surface area (Å²) in [6, 6.07) is 20.6. The highest BCUT2D eigenvalue weighted by Gasteiger charge is 2.28. The van der Waals surface area contributed by atoms with Crippen molar-refractivity contribution in [3.63, 3.8) is 0 Å². The number of benzene rings is 2. The molecule has 1 amide bonds. The van der Waals surface area contributed by atoms with E-state index >= 15 is 0 Å². The van der Waals surface area contributed by atoms with Gasteiger partial charge in [-0.3, -0.25) is 4.79 Å². The van der Waals surface area contributed by atoms with E-state index in [-0.39, 0.29) is 11.3 Å². The molecule has 0 aliphatic carbocycles. The maximum absolute atomic E-state index is 12.6. The molecule has 1 saturated heterocycles. The molecule has 2 heterocycles. The lowest BCUT2D eigenvalue weighted by Gasteiger charge is -2.31. The molecule has 4 rings (SSSR count). The summed E-state index contributed by atoms with van der Waals surface area (Å²) in [7, 11) is 0. The largest absolute Gasteiger partial charge is 0.356 e. The SMILES string of the molecule is CC(C)(C)c1ccc(-c2cc(C[C@H]3CNCC[C@H]3CC(=O)NCc3ccccc3)no2)cc1. The molecule has 0 unspecified atom stereocenters. The van der Waals surface area contributed by atoms with Crippen LogP contribution in [-0.4, -0.2) is 24.2 Å². The zero-order valence-electron chi connectivity index (χ0n) is 19.9. The number of carbonyl (C=O) groups is 1. The molecule has 0 saturated carbocycles. The van der Waals surface area contributed by atoms with Crippen LogP contribution in [-0.2, 0) is 23.2 Å². The molecule has 33 heavy (non-hydrogen) atoms. The minimum Gasteiger partial charge on any atom is -0.356 e. The molecule has 0 bridgehead atoms. The van der Waals surface area contributed by atoms with Gasteiger partial charge in [-0.15, -0.1) is 0 Å². The van der Waals surface area contributed by atoms with Gasteiger partial charge in [0.15, 0.2) is 5.76 Å². The van der Waals surface area contributed by atoms with Crippen LogP contribution in [0, 0.1) is 11.8 Å². The Morgan fingerprint density at radius 3 is 2.58 bits per heavy atom. The lowest BCUT2D eigenvalue weighted by molar-refractivity contribution is -0.122. The highest BCUT2D eigenvalue weighted by atomic mass is 16.5. The van der Waals surface area contributed by atoms with Crippen LogP contribution in [0.3, 0.4) is 0 Å². The molecule has 5 heteroatoms. The van der Waals surface area contributed by atoms with E-state index in [0.29, 0.717) is 24.8 Å². The number of hydrogen-bond donors (Lipinski definition) is 2. The second-order valence-corrected chi connectivity index (χ2v) is 10.2. The van der Waals surface area contributed by atoms with Crippen LogP contribution in [0.15, 0.2) is 65.2 Å². The number of carbonyl (C=O) groups excluding carboxylic acids is 1. The molecule has 2 N–H and O–H groups in total. The molecule has 174 valence electrons. The second kappa shape index (κ2) is 10.3. The lowest BCUT2D eigenvalue weighted by atomic mass is 9.81. The number of rotatable bonds is 7. The van der Waals surface area contributed by atoms with Crippen LogP contribution in [0.5, 0.6) is 0 Å². The topological polar surface area (TPSA) is 67.2 Å². The summed E-state index contributed by atoms with van der Waals surface area (Å²) in [4.78, 5) is 12.6. The van der Waals surface area contributed by atoms with Gasteiger partial charge in [-0.25, -0.2) is 0 Å². The van der Waals surface area contributed by atoms with Gasteiger partial charge < -0.3 is 15.2 Å². The van der Waals surface area contributed by atoms with E-state index in [0.717, 1.165) is 48.5 Å². The second-order valence-electron chi connectivity index (χ2n) is 10.2. The Hall–Kier alpha value is -2.92. The van der Waals surface area contributed by atoms with E-state index in [4.69, 9.17) is 4.52 Å². The molecular weight excluding hydrogens is 410 g/mol. The molecular formula is C28H35N3O2. The van der Waals surface area contributed by atoms with Crippen molar-refractivity contribution in [2.45, 2.75) is 52.0 Å². The van der Waals surface area contributed by atoms with E-state index in [1.807, 2.05) is 36.4 Å². The number of piperidine rings is 1. The zero-order valence-corrected chi connectivity index (χ0v) is 19.9. The number of nitrogens with zero attached hydrogens (tertiary/aromatic N) is 1. The van der Waals surface area contributed by atoms with Gasteiger partial charge in [0.05, 0.1) is 5.69 Å². The molecule has 1 aromatic heterocycles. The Kier molecular flexibility index (Phi) is 7.29. The monoisotopic (exact) mass is 445 g/mol. The normalized spacial score (nSPS) is 18.8. The Morgan fingerprint density at radius 2 is 1.85 bits per heavy atom. The van der Waals surface area contributed by atoms with Crippen LogP contribution in [0.25, 0.3) is 11.3 Å². The molecule has 2 atom stereocenters. The lowest BCUT2D eigenvalue weighted by Crippen LogP contribution is -2.40. The van der Waals surface area contributed by atoms with E-state index in [2.05, 4.69) is 60.8 Å². The van der Waals surface area contributed by atoms with Crippen molar-refractivity contribution >= 4 is 5.91 Å². The predicted octanol–water partition coefficient (Wildman–Crippen LogP) is 5.11. The van der Waals surface area contributed by atoms with Gasteiger partial charge in [-0.05, 0) is 54.3 Å². The number of nitrogens with one attached hydrogen (secondary N) is 2. The third kappa shape index (κ3) is 6.32. The maximum Gasteiger partial charge on any atom is 0.220 e. The highest BCUT2D eigenvalue weighted by molar-refractivity contribution is 5.76. The van der Waals surface area contributed by atoms with E-state index in [1.165, 1.54) is 5.56 Å². The van der Waals surface area contributed by atoms with Gasteiger partial charge in [-0.1, -0.05) is 80.5 Å². The Morgan fingerprint density at radius 1 is 1.09 bits per heavy atom. The highest BCUT2D eigenvalue weighted by Crippen LogP contribution is 2.29. The minimum atomic E-state index is 0.121. The summed E-state index contributed by atoms with van der Waals surface area (Å²) < 4.78 is 5.67. The van der Waals surface area contributed by atoms with Crippen molar-refractivity contribution in [1.29, 1.82) is 0 Å². The first-order valence-electron chi connectivity index (χ1n) is 12.0. The average Bonchev–Trinajstić information content (AvgIpc) is 3.28. The summed E-state index contributed by atoms with van der Waals surface area (Å²) in [5.74, 6) is 1.62. The molecule has 0 spiro atoms. The van der Waals surface area contributed by atoms with Gasteiger partial charge >= 0.3 is 0 Å².